The third-order valence-electron chi connectivity index (χ3n) is 6.84. The largest absolute Gasteiger partial charge is 0.452 e. The van der Waals surface area contributed by atoms with Crippen molar-refractivity contribution in [3.05, 3.63) is 48.0 Å². The Kier molecular flexibility index (Phi) is 9.70. The van der Waals surface area contributed by atoms with Crippen LogP contribution in [0.1, 0.15) is 65.2 Å². The molecule has 5 atom stereocenters. The van der Waals surface area contributed by atoms with Gasteiger partial charge in [-0.3, -0.25) is 0 Å². The number of rotatable bonds is 10. The van der Waals surface area contributed by atoms with E-state index in [2.05, 4.69) is 47.7 Å². The third kappa shape index (κ3) is 7.75. The molecule has 192 valence electrons. The predicted octanol–water partition coefficient (Wildman–Crippen LogP) is 5.72. The topological polar surface area (TPSA) is 74.2 Å². The monoisotopic (exact) mass is 492 g/mol. The number of hydrogen-bond donors (Lipinski definition) is 1. The van der Waals surface area contributed by atoms with Gasteiger partial charge in [-0.15, -0.1) is 0 Å². The van der Waals surface area contributed by atoms with Crippen LogP contribution in [-0.2, 0) is 18.6 Å². The molecular formula is C27H44O6Si. The lowest BCUT2D eigenvalue weighted by molar-refractivity contribution is -0.153. The fourth-order valence-electron chi connectivity index (χ4n) is 3.66. The molecule has 0 saturated carbocycles. The van der Waals surface area contributed by atoms with E-state index < -0.39 is 38.4 Å². The maximum Gasteiger partial charge on any atom is 0.338 e. The molecule has 1 heterocycles. The lowest BCUT2D eigenvalue weighted by atomic mass is 10.0. The van der Waals surface area contributed by atoms with E-state index in [1.54, 1.807) is 24.3 Å². The van der Waals surface area contributed by atoms with Crippen molar-refractivity contribution in [1.29, 1.82) is 0 Å². The van der Waals surface area contributed by atoms with Crippen LogP contribution in [0.3, 0.4) is 0 Å². The van der Waals surface area contributed by atoms with Gasteiger partial charge < -0.3 is 23.7 Å². The Morgan fingerprint density at radius 1 is 1.15 bits per heavy atom. The Bertz CT molecular complexity index is 814. The van der Waals surface area contributed by atoms with Crippen molar-refractivity contribution in [3.8, 4) is 0 Å². The number of aliphatic hydroxyl groups excluding tert-OH is 1. The van der Waals surface area contributed by atoms with Crippen LogP contribution >= 0.6 is 0 Å². The van der Waals surface area contributed by atoms with E-state index in [9.17, 15) is 9.90 Å². The molecule has 1 fully saturated rings. The molecule has 0 aromatic heterocycles. The van der Waals surface area contributed by atoms with Crippen LogP contribution in [0.5, 0.6) is 0 Å². The summed E-state index contributed by atoms with van der Waals surface area (Å²) in [5.74, 6) is -1.16. The molecule has 0 aliphatic carbocycles. The SMILES string of the molecule is CC(O[Si](C)(C)C(C)(C)C)[C@H](C)/C=C\C(OC(=O)c1ccccc1)[C@H]1OC(C)(C)O[C@H]1CCO. The molecule has 1 aromatic carbocycles. The Hall–Kier alpha value is -1.51. The molecule has 0 spiro atoms. The minimum absolute atomic E-state index is 0.00745. The molecule has 7 heteroatoms. The molecule has 2 unspecified atom stereocenters. The van der Waals surface area contributed by atoms with Gasteiger partial charge in [-0.1, -0.05) is 52.0 Å². The van der Waals surface area contributed by atoms with Gasteiger partial charge in [0.2, 0.25) is 0 Å². The number of carbonyl (C=O) groups is 1. The summed E-state index contributed by atoms with van der Waals surface area (Å²) in [5, 5.41) is 9.67. The zero-order chi connectivity index (χ0) is 25.7. The number of aliphatic hydroxyl groups is 1. The molecule has 34 heavy (non-hydrogen) atoms. The second-order valence-corrected chi connectivity index (χ2v) is 16.0. The summed E-state index contributed by atoms with van der Waals surface area (Å²) in [4.78, 5) is 12.9. The Morgan fingerprint density at radius 2 is 1.76 bits per heavy atom. The summed E-state index contributed by atoms with van der Waals surface area (Å²) in [6.45, 7) is 19.0. The predicted molar refractivity (Wildman–Crippen MR) is 137 cm³/mol. The van der Waals surface area contributed by atoms with Gasteiger partial charge in [-0.2, -0.15) is 0 Å². The van der Waals surface area contributed by atoms with E-state index in [1.807, 2.05) is 32.1 Å². The van der Waals surface area contributed by atoms with E-state index in [1.165, 1.54) is 0 Å². The summed E-state index contributed by atoms with van der Waals surface area (Å²) >= 11 is 0. The maximum atomic E-state index is 12.9. The first-order valence-electron chi connectivity index (χ1n) is 12.3. The molecule has 0 radical (unpaired) electrons. The van der Waals surface area contributed by atoms with Crippen LogP contribution in [0.25, 0.3) is 0 Å². The molecule has 0 bridgehead atoms. The summed E-state index contributed by atoms with van der Waals surface area (Å²) in [7, 11) is -1.92. The van der Waals surface area contributed by atoms with Crippen molar-refractivity contribution in [3.63, 3.8) is 0 Å². The maximum absolute atomic E-state index is 12.9. The van der Waals surface area contributed by atoms with E-state index in [-0.39, 0.29) is 23.7 Å². The first-order chi connectivity index (χ1) is 15.7. The van der Waals surface area contributed by atoms with Crippen LogP contribution in [0, 0.1) is 5.92 Å². The molecule has 0 amide bonds. The molecule has 2 rings (SSSR count). The lowest BCUT2D eigenvalue weighted by Gasteiger charge is -2.39. The standard InChI is InChI=1S/C27H44O6Si/c1-19(20(2)33-34(8,9)26(3,4)5)15-16-22(30-25(29)21-13-11-10-12-14-21)24-23(17-18-28)31-27(6,7)32-24/h10-16,19-20,22-24,28H,17-18H2,1-9H3/b16-15-/t19-,20?,22?,23+,24-/m1/s1. The minimum Gasteiger partial charge on any atom is -0.452 e. The summed E-state index contributed by atoms with van der Waals surface area (Å²) in [6, 6.07) is 8.91. The van der Waals surface area contributed by atoms with Crippen LogP contribution in [0.15, 0.2) is 42.5 Å². The van der Waals surface area contributed by atoms with Crippen molar-refractivity contribution in [2.45, 2.75) is 103 Å². The number of benzene rings is 1. The van der Waals surface area contributed by atoms with Gasteiger partial charge in [-0.25, -0.2) is 4.79 Å². The summed E-state index contributed by atoms with van der Waals surface area (Å²) < 4.78 is 24.6. The number of esters is 1. The van der Waals surface area contributed by atoms with Gasteiger partial charge in [0.25, 0.3) is 0 Å². The second kappa shape index (κ2) is 11.5. The van der Waals surface area contributed by atoms with Crippen molar-refractivity contribution in [1.82, 2.24) is 0 Å². The van der Waals surface area contributed by atoms with E-state index in [4.69, 9.17) is 18.6 Å². The number of carbonyl (C=O) groups excluding carboxylic acids is 1. The smallest absolute Gasteiger partial charge is 0.338 e. The van der Waals surface area contributed by atoms with Gasteiger partial charge in [0.05, 0.1) is 11.7 Å². The van der Waals surface area contributed by atoms with Gasteiger partial charge in [-0.05, 0) is 69.5 Å². The van der Waals surface area contributed by atoms with Gasteiger partial charge >= 0.3 is 5.97 Å². The van der Waals surface area contributed by atoms with Crippen molar-refractivity contribution >= 4 is 14.3 Å². The van der Waals surface area contributed by atoms with Crippen LogP contribution in [0.4, 0.5) is 0 Å². The van der Waals surface area contributed by atoms with Crippen molar-refractivity contribution < 1.29 is 28.5 Å². The molecule has 1 aliphatic rings. The van der Waals surface area contributed by atoms with Gasteiger partial charge in [0.15, 0.2) is 14.1 Å². The zero-order valence-corrected chi connectivity index (χ0v) is 23.3. The molecule has 1 saturated heterocycles. The number of hydrogen-bond acceptors (Lipinski definition) is 6. The molecule has 1 N–H and O–H groups in total. The molecule has 1 aromatic rings. The zero-order valence-electron chi connectivity index (χ0n) is 22.3. The quantitative estimate of drug-likeness (QED) is 0.256. The molecule has 6 nitrogen and oxygen atoms in total. The highest BCUT2D eigenvalue weighted by Gasteiger charge is 2.46. The Morgan fingerprint density at radius 3 is 2.32 bits per heavy atom. The first-order valence-corrected chi connectivity index (χ1v) is 15.2. The highest BCUT2D eigenvalue weighted by Crippen LogP contribution is 2.38. The van der Waals surface area contributed by atoms with Crippen molar-refractivity contribution in [2.75, 3.05) is 6.61 Å². The number of ether oxygens (including phenoxy) is 3. The van der Waals surface area contributed by atoms with E-state index in [0.29, 0.717) is 12.0 Å². The normalized spacial score (nSPS) is 23.6. The first kappa shape index (κ1) is 28.7. The Labute approximate surface area is 206 Å². The third-order valence-corrected chi connectivity index (χ3v) is 11.4. The van der Waals surface area contributed by atoms with Crippen LogP contribution < -0.4 is 0 Å². The minimum atomic E-state index is -1.92. The van der Waals surface area contributed by atoms with Crippen molar-refractivity contribution in [2.24, 2.45) is 5.92 Å². The van der Waals surface area contributed by atoms with Crippen LogP contribution in [-0.4, -0.2) is 56.2 Å². The van der Waals surface area contributed by atoms with Gasteiger partial charge in [0.1, 0.15) is 12.2 Å². The second-order valence-electron chi connectivity index (χ2n) is 11.2. The fraction of sp³-hybridized carbons (Fsp3) is 0.667. The highest BCUT2D eigenvalue weighted by atomic mass is 28.4. The van der Waals surface area contributed by atoms with E-state index >= 15 is 0 Å². The van der Waals surface area contributed by atoms with Gasteiger partial charge in [0, 0.05) is 12.7 Å². The van der Waals surface area contributed by atoms with E-state index in [0.717, 1.165) is 0 Å². The average molecular weight is 493 g/mol. The Balaban J connectivity index is 2.24. The fourth-order valence-corrected chi connectivity index (χ4v) is 5.16. The average Bonchev–Trinajstić information content (AvgIpc) is 3.04. The summed E-state index contributed by atoms with van der Waals surface area (Å²) in [5.41, 5.74) is 0.473. The van der Waals surface area contributed by atoms with Crippen LogP contribution in [0.2, 0.25) is 18.1 Å². The summed E-state index contributed by atoms with van der Waals surface area (Å²) in [6.07, 6.45) is 2.72. The molecular weight excluding hydrogens is 448 g/mol. The highest BCUT2D eigenvalue weighted by molar-refractivity contribution is 6.74. The molecule has 1 aliphatic heterocycles. The lowest BCUT2D eigenvalue weighted by Crippen LogP contribution is -2.44.